The molecular weight excluding hydrogens is 329 g/mol. The summed E-state index contributed by atoms with van der Waals surface area (Å²) in [4.78, 5) is 26.2. The average Bonchev–Trinajstić information content (AvgIpc) is 2.68. The van der Waals surface area contributed by atoms with Crippen molar-refractivity contribution < 1.29 is 19.1 Å². The molecule has 126 valence electrons. The minimum Gasteiger partial charge on any atom is -0.458 e. The number of halogens is 2. The van der Waals surface area contributed by atoms with Crippen LogP contribution in [0.2, 0.25) is 0 Å². The second-order valence-electron chi connectivity index (χ2n) is 7.92. The van der Waals surface area contributed by atoms with Gasteiger partial charge in [0.2, 0.25) is 0 Å². The highest BCUT2D eigenvalue weighted by molar-refractivity contribution is 6.51. The van der Waals surface area contributed by atoms with Crippen LogP contribution >= 0.6 is 23.2 Å². The summed E-state index contributed by atoms with van der Waals surface area (Å²) in [6.45, 7) is 11.0. The van der Waals surface area contributed by atoms with Crippen molar-refractivity contribution in [3.8, 4) is 0 Å². The molecule has 1 amide bonds. The lowest BCUT2D eigenvalue weighted by molar-refractivity contribution is -0.161. The Morgan fingerprint density at radius 2 is 1.55 bits per heavy atom. The van der Waals surface area contributed by atoms with Crippen molar-refractivity contribution in [1.29, 1.82) is 0 Å². The lowest BCUT2D eigenvalue weighted by Crippen LogP contribution is -2.49. The zero-order valence-electron chi connectivity index (χ0n) is 13.8. The van der Waals surface area contributed by atoms with E-state index >= 15 is 0 Å². The van der Waals surface area contributed by atoms with Crippen molar-refractivity contribution in [3.05, 3.63) is 0 Å². The number of fused-ring (bicyclic) bond motifs is 1. The molecule has 0 spiro atoms. The lowest BCUT2D eigenvalue weighted by Gasteiger charge is -2.32. The molecule has 0 aromatic carbocycles. The van der Waals surface area contributed by atoms with E-state index < -0.39 is 33.6 Å². The minimum absolute atomic E-state index is 0.124. The van der Waals surface area contributed by atoms with Gasteiger partial charge in [0.05, 0.1) is 0 Å². The predicted molar refractivity (Wildman–Crippen MR) is 84.0 cm³/mol. The number of hydrogen-bond acceptors (Lipinski definition) is 4. The van der Waals surface area contributed by atoms with Gasteiger partial charge in [-0.1, -0.05) is 0 Å². The minimum atomic E-state index is -0.972. The van der Waals surface area contributed by atoms with Gasteiger partial charge in [0.1, 0.15) is 21.6 Å². The van der Waals surface area contributed by atoms with Gasteiger partial charge in [-0.05, 0) is 41.5 Å². The highest BCUT2D eigenvalue weighted by Crippen LogP contribution is 2.65. The van der Waals surface area contributed by atoms with Crippen LogP contribution in [0, 0.1) is 11.8 Å². The summed E-state index contributed by atoms with van der Waals surface area (Å²) in [5.74, 6) is -0.923. The monoisotopic (exact) mass is 351 g/mol. The maximum atomic E-state index is 12.5. The Hall–Kier alpha value is -0.680. The third-order valence-corrected chi connectivity index (χ3v) is 4.67. The molecule has 1 heterocycles. The molecule has 0 N–H and O–H groups in total. The number of alkyl halides is 2. The molecule has 0 aromatic rings. The summed E-state index contributed by atoms with van der Waals surface area (Å²) >= 11 is 12.4. The third kappa shape index (κ3) is 3.46. The van der Waals surface area contributed by atoms with Crippen LogP contribution in [0.5, 0.6) is 0 Å². The van der Waals surface area contributed by atoms with Crippen LogP contribution in [0.1, 0.15) is 41.5 Å². The molecule has 0 aromatic heterocycles. The molecule has 1 saturated heterocycles. The van der Waals surface area contributed by atoms with E-state index in [4.69, 9.17) is 32.7 Å². The summed E-state index contributed by atoms with van der Waals surface area (Å²) in [7, 11) is 0. The van der Waals surface area contributed by atoms with Gasteiger partial charge in [-0.25, -0.2) is 9.59 Å². The zero-order valence-corrected chi connectivity index (χ0v) is 15.3. The van der Waals surface area contributed by atoms with E-state index in [1.807, 2.05) is 0 Å². The number of hydrogen-bond donors (Lipinski definition) is 0. The van der Waals surface area contributed by atoms with Crippen molar-refractivity contribution in [2.75, 3.05) is 6.54 Å². The fraction of sp³-hybridized carbons (Fsp3) is 0.867. The van der Waals surface area contributed by atoms with Crippen molar-refractivity contribution in [3.63, 3.8) is 0 Å². The largest absolute Gasteiger partial charge is 0.458 e. The Kier molecular flexibility index (Phi) is 4.15. The van der Waals surface area contributed by atoms with E-state index in [1.54, 1.807) is 41.5 Å². The van der Waals surface area contributed by atoms with Gasteiger partial charge in [0.25, 0.3) is 0 Å². The molecule has 7 heteroatoms. The number of carbonyl (C=O) groups is 2. The van der Waals surface area contributed by atoms with Crippen LogP contribution in [-0.4, -0.2) is 45.1 Å². The Morgan fingerprint density at radius 1 is 1.05 bits per heavy atom. The summed E-state index contributed by atoms with van der Waals surface area (Å²) in [5, 5.41) is 0. The summed E-state index contributed by atoms with van der Waals surface area (Å²) in [6.07, 6.45) is -0.542. The molecular formula is C15H23Cl2NO4. The number of amides is 1. The van der Waals surface area contributed by atoms with Gasteiger partial charge in [-0.15, -0.1) is 23.2 Å². The van der Waals surface area contributed by atoms with Crippen LogP contribution in [0.15, 0.2) is 0 Å². The van der Waals surface area contributed by atoms with Gasteiger partial charge in [0, 0.05) is 18.4 Å². The predicted octanol–water partition coefficient (Wildman–Crippen LogP) is 3.37. The second-order valence-corrected chi connectivity index (χ2v) is 9.36. The number of piperidine rings is 1. The molecule has 1 saturated carbocycles. The summed E-state index contributed by atoms with van der Waals surface area (Å²) < 4.78 is 9.81. The van der Waals surface area contributed by atoms with E-state index in [0.717, 1.165) is 0 Å². The quantitative estimate of drug-likeness (QED) is 0.536. The smallest absolute Gasteiger partial charge is 0.411 e. The van der Waals surface area contributed by atoms with Crippen molar-refractivity contribution in [2.24, 2.45) is 11.8 Å². The van der Waals surface area contributed by atoms with Crippen molar-refractivity contribution >= 4 is 35.3 Å². The molecule has 1 aliphatic heterocycles. The number of rotatable bonds is 1. The van der Waals surface area contributed by atoms with Gasteiger partial charge < -0.3 is 9.47 Å². The number of nitrogens with zero attached hydrogens (tertiary/aromatic N) is 1. The first-order valence-electron chi connectivity index (χ1n) is 7.34. The van der Waals surface area contributed by atoms with Crippen LogP contribution in [0.25, 0.3) is 0 Å². The van der Waals surface area contributed by atoms with Gasteiger partial charge in [-0.3, -0.25) is 4.90 Å². The highest BCUT2D eigenvalue weighted by atomic mass is 35.5. The third-order valence-electron chi connectivity index (χ3n) is 3.61. The number of ether oxygens (including phenoxy) is 2. The van der Waals surface area contributed by atoms with Crippen LogP contribution < -0.4 is 0 Å². The SMILES string of the molecule is CC(C)(C)OC(=O)C1[C@@H]2[C@H](CN1C(=O)OC(C)(C)C)C2(Cl)Cl. The molecule has 22 heavy (non-hydrogen) atoms. The summed E-state index contributed by atoms with van der Waals surface area (Å²) in [5.41, 5.74) is -1.29. The fourth-order valence-corrected chi connectivity index (χ4v) is 3.57. The second kappa shape index (κ2) is 5.17. The van der Waals surface area contributed by atoms with E-state index in [9.17, 15) is 9.59 Å². The average molecular weight is 352 g/mol. The lowest BCUT2D eigenvalue weighted by atomic mass is 10.1. The maximum absolute atomic E-state index is 12.5. The molecule has 2 rings (SSSR count). The molecule has 3 atom stereocenters. The highest BCUT2D eigenvalue weighted by Gasteiger charge is 2.74. The van der Waals surface area contributed by atoms with Crippen molar-refractivity contribution in [1.82, 2.24) is 4.90 Å². The van der Waals surface area contributed by atoms with Gasteiger partial charge in [0.15, 0.2) is 0 Å². The van der Waals surface area contributed by atoms with E-state index in [-0.39, 0.29) is 11.8 Å². The Labute approximate surface area is 141 Å². The van der Waals surface area contributed by atoms with Crippen LogP contribution in [0.4, 0.5) is 4.79 Å². The van der Waals surface area contributed by atoms with Crippen LogP contribution in [0.3, 0.4) is 0 Å². The summed E-state index contributed by atoms with van der Waals surface area (Å²) in [6, 6.07) is -0.797. The normalized spacial score (nSPS) is 29.8. The molecule has 0 radical (unpaired) electrons. The standard InChI is InChI=1S/C15H23Cl2NO4/c1-13(2,3)21-11(19)10-9-8(15(9,16)17)7-18(10)12(20)22-14(4,5)6/h8-10H,7H2,1-6H3/t8-,9-,10?/m0/s1. The van der Waals surface area contributed by atoms with Crippen molar-refractivity contribution in [2.45, 2.75) is 63.1 Å². The first kappa shape index (κ1) is 17.7. The van der Waals surface area contributed by atoms with Crippen LogP contribution in [-0.2, 0) is 14.3 Å². The fourth-order valence-electron chi connectivity index (χ4n) is 2.75. The number of carbonyl (C=O) groups excluding carboxylic acids is 2. The first-order valence-corrected chi connectivity index (χ1v) is 8.10. The van der Waals surface area contributed by atoms with Gasteiger partial charge >= 0.3 is 12.1 Å². The molecule has 2 aliphatic rings. The molecule has 2 fully saturated rings. The molecule has 1 aliphatic carbocycles. The number of esters is 1. The Bertz CT molecular complexity index is 493. The van der Waals surface area contributed by atoms with E-state index in [0.29, 0.717) is 6.54 Å². The first-order chi connectivity index (χ1) is 9.74. The van der Waals surface area contributed by atoms with E-state index in [1.165, 1.54) is 4.90 Å². The molecule has 5 nitrogen and oxygen atoms in total. The topological polar surface area (TPSA) is 55.8 Å². The van der Waals surface area contributed by atoms with E-state index in [2.05, 4.69) is 0 Å². The Morgan fingerprint density at radius 3 is 2.00 bits per heavy atom. The molecule has 0 bridgehead atoms. The Balaban J connectivity index is 2.17. The number of likely N-dealkylation sites (tertiary alicyclic amines) is 1. The molecule has 1 unspecified atom stereocenters. The maximum Gasteiger partial charge on any atom is 0.411 e. The van der Waals surface area contributed by atoms with Gasteiger partial charge in [-0.2, -0.15) is 0 Å². The zero-order chi connectivity index (χ0) is 17.1.